The highest BCUT2D eigenvalue weighted by atomic mass is 15.3. The maximum Gasteiger partial charge on any atom is 0.227 e. The number of hydrogen-bond acceptors (Lipinski definition) is 6. The first kappa shape index (κ1) is 18.4. The average molecular weight is 397 g/mol. The second-order valence-corrected chi connectivity index (χ2v) is 7.29. The van der Waals surface area contributed by atoms with Gasteiger partial charge >= 0.3 is 0 Å². The predicted octanol–water partition coefficient (Wildman–Crippen LogP) is 3.81. The van der Waals surface area contributed by atoms with Crippen LogP contribution in [0.15, 0.2) is 61.2 Å². The van der Waals surface area contributed by atoms with Crippen molar-refractivity contribution in [1.82, 2.24) is 30.0 Å². The molecule has 0 saturated heterocycles. The van der Waals surface area contributed by atoms with Crippen molar-refractivity contribution in [1.29, 1.82) is 0 Å². The van der Waals surface area contributed by atoms with Crippen LogP contribution >= 0.6 is 0 Å². The van der Waals surface area contributed by atoms with Crippen molar-refractivity contribution < 1.29 is 0 Å². The Kier molecular flexibility index (Phi) is 4.94. The normalized spacial score (nSPS) is 13.1. The molecule has 0 atom stereocenters. The summed E-state index contributed by atoms with van der Waals surface area (Å²) in [5.41, 5.74) is 7.35. The Morgan fingerprint density at radius 3 is 2.97 bits per heavy atom. The Morgan fingerprint density at radius 1 is 1.13 bits per heavy atom. The third-order valence-corrected chi connectivity index (χ3v) is 5.30. The van der Waals surface area contributed by atoms with E-state index in [0.717, 1.165) is 54.3 Å². The van der Waals surface area contributed by atoms with Crippen LogP contribution in [-0.4, -0.2) is 31.3 Å². The molecule has 1 aliphatic rings. The molecule has 7 nitrogen and oxygen atoms in total. The lowest BCUT2D eigenvalue weighted by Gasteiger charge is -2.18. The molecule has 5 rings (SSSR count). The lowest BCUT2D eigenvalue weighted by atomic mass is 10.0. The minimum absolute atomic E-state index is 0.567. The summed E-state index contributed by atoms with van der Waals surface area (Å²) in [6, 6.07) is 12.3. The Bertz CT molecular complexity index is 1170. The highest BCUT2D eigenvalue weighted by Crippen LogP contribution is 2.30. The maximum atomic E-state index is 4.77. The van der Waals surface area contributed by atoms with E-state index >= 15 is 0 Å². The second kappa shape index (κ2) is 8.04. The Morgan fingerprint density at radius 2 is 2.10 bits per heavy atom. The van der Waals surface area contributed by atoms with E-state index in [-0.39, 0.29) is 0 Å². The van der Waals surface area contributed by atoms with Gasteiger partial charge in [-0.05, 0) is 61.3 Å². The summed E-state index contributed by atoms with van der Waals surface area (Å²) in [4.78, 5) is 13.4. The van der Waals surface area contributed by atoms with Crippen LogP contribution in [0.2, 0.25) is 0 Å². The number of hydrogen-bond donors (Lipinski definition) is 2. The zero-order valence-corrected chi connectivity index (χ0v) is 16.8. The van der Waals surface area contributed by atoms with Gasteiger partial charge in [0.25, 0.3) is 0 Å². The topological polar surface area (TPSA) is 80.5 Å². The number of anilines is 2. The molecule has 30 heavy (non-hydrogen) atoms. The van der Waals surface area contributed by atoms with Crippen LogP contribution in [0, 0.1) is 0 Å². The summed E-state index contributed by atoms with van der Waals surface area (Å²) in [5, 5.41) is 11.5. The largest absolute Gasteiger partial charge is 0.324 e. The van der Waals surface area contributed by atoms with Crippen LogP contribution < -0.4 is 10.6 Å². The first-order valence-corrected chi connectivity index (χ1v) is 10.2. The molecule has 4 heterocycles. The predicted molar refractivity (Wildman–Crippen MR) is 117 cm³/mol. The number of rotatable bonds is 5. The Labute approximate surface area is 175 Å². The van der Waals surface area contributed by atoms with Gasteiger partial charge in [-0.2, -0.15) is 5.10 Å². The summed E-state index contributed by atoms with van der Waals surface area (Å²) < 4.78 is 1.92. The van der Waals surface area contributed by atoms with Gasteiger partial charge in [0.2, 0.25) is 5.95 Å². The van der Waals surface area contributed by atoms with E-state index in [0.29, 0.717) is 5.95 Å². The molecule has 0 saturated carbocycles. The van der Waals surface area contributed by atoms with Gasteiger partial charge in [-0.15, -0.1) is 0 Å². The smallest absolute Gasteiger partial charge is 0.227 e. The van der Waals surface area contributed by atoms with Gasteiger partial charge in [-0.25, -0.2) is 9.97 Å². The minimum atomic E-state index is 0.567. The number of nitrogens with one attached hydrogen (secondary N) is 2. The Hall–Kier alpha value is -3.58. The fourth-order valence-electron chi connectivity index (χ4n) is 3.74. The van der Waals surface area contributed by atoms with Crippen LogP contribution in [0.1, 0.15) is 18.1 Å². The number of pyridine rings is 1. The lowest BCUT2D eigenvalue weighted by molar-refractivity contribution is 0.644. The highest BCUT2D eigenvalue weighted by molar-refractivity contribution is 5.78. The fraction of sp³-hybridized carbons (Fsp3) is 0.217. The van der Waals surface area contributed by atoms with Gasteiger partial charge in [-0.3, -0.25) is 9.67 Å². The van der Waals surface area contributed by atoms with Crippen LogP contribution in [-0.2, 0) is 19.5 Å². The molecule has 1 aliphatic heterocycles. The molecule has 0 fully saturated rings. The van der Waals surface area contributed by atoms with Gasteiger partial charge in [0.15, 0.2) is 0 Å². The molecule has 3 aromatic heterocycles. The molecule has 4 aromatic rings. The van der Waals surface area contributed by atoms with E-state index in [4.69, 9.17) is 10.1 Å². The van der Waals surface area contributed by atoms with Crippen LogP contribution in [0.4, 0.5) is 11.6 Å². The summed E-state index contributed by atoms with van der Waals surface area (Å²) >= 11 is 0. The molecule has 2 N–H and O–H groups in total. The maximum absolute atomic E-state index is 4.77. The van der Waals surface area contributed by atoms with Gasteiger partial charge in [0, 0.05) is 54.7 Å². The quantitative estimate of drug-likeness (QED) is 0.533. The molecular weight excluding hydrogens is 374 g/mol. The van der Waals surface area contributed by atoms with Crippen molar-refractivity contribution in [3.63, 3.8) is 0 Å². The van der Waals surface area contributed by atoms with Gasteiger partial charge in [0.1, 0.15) is 5.69 Å². The van der Waals surface area contributed by atoms with Crippen LogP contribution in [0.3, 0.4) is 0 Å². The van der Waals surface area contributed by atoms with Crippen molar-refractivity contribution in [3.05, 3.63) is 72.3 Å². The molecule has 0 unspecified atom stereocenters. The van der Waals surface area contributed by atoms with E-state index in [1.807, 2.05) is 35.3 Å². The van der Waals surface area contributed by atoms with Crippen LogP contribution in [0.5, 0.6) is 0 Å². The molecule has 0 bridgehead atoms. The molecule has 7 heteroatoms. The summed E-state index contributed by atoms with van der Waals surface area (Å²) in [6.45, 7) is 4.79. The Balaban J connectivity index is 1.48. The second-order valence-electron chi connectivity index (χ2n) is 7.29. The zero-order valence-electron chi connectivity index (χ0n) is 16.8. The van der Waals surface area contributed by atoms with E-state index < -0.39 is 0 Å². The average Bonchev–Trinajstić information content (AvgIpc) is 3.25. The van der Waals surface area contributed by atoms with Crippen molar-refractivity contribution in [3.8, 4) is 22.5 Å². The summed E-state index contributed by atoms with van der Waals surface area (Å²) in [5.74, 6) is 0.567. The van der Waals surface area contributed by atoms with Crippen molar-refractivity contribution >= 4 is 11.6 Å². The van der Waals surface area contributed by atoms with Crippen molar-refractivity contribution in [2.24, 2.45) is 0 Å². The third kappa shape index (κ3) is 3.67. The van der Waals surface area contributed by atoms with Crippen LogP contribution in [0.25, 0.3) is 22.5 Å². The van der Waals surface area contributed by atoms with E-state index in [1.54, 1.807) is 12.4 Å². The minimum Gasteiger partial charge on any atom is -0.324 e. The standard InChI is InChI=1S/C23H23N7/c1-2-30-15-20(22(29-30)17-4-3-9-24-13-17)21-8-11-26-23(28-21)27-19-6-5-16-7-10-25-14-18(16)12-19/h3-6,8-9,11-13,15,25H,2,7,10,14H2,1H3,(H,26,27,28). The van der Waals surface area contributed by atoms with Crippen molar-refractivity contribution in [2.75, 3.05) is 11.9 Å². The molecule has 0 aliphatic carbocycles. The van der Waals surface area contributed by atoms with Crippen molar-refractivity contribution in [2.45, 2.75) is 26.4 Å². The highest BCUT2D eigenvalue weighted by Gasteiger charge is 2.15. The first-order valence-electron chi connectivity index (χ1n) is 10.2. The van der Waals surface area contributed by atoms with E-state index in [1.165, 1.54) is 11.1 Å². The van der Waals surface area contributed by atoms with E-state index in [2.05, 4.69) is 45.7 Å². The SMILES string of the molecule is CCn1cc(-c2ccnc(Nc3ccc4c(c3)CNCC4)n2)c(-c2cccnc2)n1. The number of aryl methyl sites for hydroxylation is 1. The first-order chi connectivity index (χ1) is 14.8. The number of benzene rings is 1. The third-order valence-electron chi connectivity index (χ3n) is 5.30. The zero-order chi connectivity index (χ0) is 20.3. The number of nitrogens with zero attached hydrogens (tertiary/aromatic N) is 5. The number of aromatic nitrogens is 5. The molecule has 0 radical (unpaired) electrons. The summed E-state index contributed by atoms with van der Waals surface area (Å²) in [7, 11) is 0. The lowest BCUT2D eigenvalue weighted by Crippen LogP contribution is -2.23. The fourth-order valence-corrected chi connectivity index (χ4v) is 3.74. The molecule has 1 aromatic carbocycles. The molecular formula is C23H23N7. The molecule has 150 valence electrons. The summed E-state index contributed by atoms with van der Waals surface area (Å²) in [6.07, 6.45) is 8.47. The van der Waals surface area contributed by atoms with E-state index in [9.17, 15) is 0 Å². The monoisotopic (exact) mass is 397 g/mol. The van der Waals surface area contributed by atoms with Gasteiger partial charge in [-0.1, -0.05) is 6.07 Å². The van der Waals surface area contributed by atoms with Gasteiger partial charge < -0.3 is 10.6 Å². The molecule has 0 amide bonds. The van der Waals surface area contributed by atoms with Gasteiger partial charge in [0.05, 0.1) is 5.69 Å². The molecule has 0 spiro atoms. The number of fused-ring (bicyclic) bond motifs is 1.